The summed E-state index contributed by atoms with van der Waals surface area (Å²) in [5, 5.41) is 3.12. The lowest BCUT2D eigenvalue weighted by molar-refractivity contribution is 0.0913. The lowest BCUT2D eigenvalue weighted by atomic mass is 10.0. The normalized spacial score (nSPS) is 15.9. The average molecular weight is 358 g/mol. The van der Waals surface area contributed by atoms with E-state index in [-0.39, 0.29) is 17.8 Å². The Morgan fingerprint density at radius 3 is 2.48 bits per heavy atom. The van der Waals surface area contributed by atoms with Gasteiger partial charge in [-0.3, -0.25) is 4.79 Å². The molecule has 2 aromatic carbocycles. The minimum absolute atomic E-state index is 0.00848. The number of amides is 1. The number of thioether (sulfide) groups is 1. The Kier molecular flexibility index (Phi) is 6.48. The molecule has 1 heterocycles. The van der Waals surface area contributed by atoms with Gasteiger partial charge in [-0.05, 0) is 37.1 Å². The third-order valence-electron chi connectivity index (χ3n) is 4.46. The number of piperidine rings is 1. The third-order valence-corrected chi connectivity index (χ3v) is 5.49. The van der Waals surface area contributed by atoms with Crippen LogP contribution in [0.15, 0.2) is 59.5 Å². The largest absolute Gasteiger partial charge is 0.349 e. The first kappa shape index (κ1) is 18.0. The van der Waals surface area contributed by atoms with Crippen LogP contribution in [0.1, 0.15) is 23.2 Å². The van der Waals surface area contributed by atoms with Gasteiger partial charge in [0.2, 0.25) is 0 Å². The van der Waals surface area contributed by atoms with E-state index in [2.05, 4.69) is 10.2 Å². The Bertz CT molecular complexity index is 687. The summed E-state index contributed by atoms with van der Waals surface area (Å²) in [6.45, 7) is 2.88. The number of carbonyl (C=O) groups is 1. The fourth-order valence-electron chi connectivity index (χ4n) is 3.01. The van der Waals surface area contributed by atoms with Crippen molar-refractivity contribution in [2.24, 2.45) is 0 Å². The standard InChI is InChI=1S/C20H23FN2OS/c21-18-8-4-5-9-19(18)25-15-14-23-12-10-17(11-13-23)22-20(24)16-6-2-1-3-7-16/h1-9,17H,10-15H2,(H,22,24). The van der Waals surface area contributed by atoms with E-state index in [1.165, 1.54) is 6.07 Å². The summed E-state index contributed by atoms with van der Waals surface area (Å²) in [5.74, 6) is 0.742. The van der Waals surface area contributed by atoms with Crippen LogP contribution in [0.4, 0.5) is 4.39 Å². The molecule has 1 aliphatic heterocycles. The molecule has 1 amide bonds. The van der Waals surface area contributed by atoms with E-state index < -0.39 is 0 Å². The van der Waals surface area contributed by atoms with Gasteiger partial charge in [-0.1, -0.05) is 30.3 Å². The van der Waals surface area contributed by atoms with E-state index in [1.807, 2.05) is 42.5 Å². The second kappa shape index (κ2) is 9.02. The molecular formula is C20H23FN2OS. The summed E-state index contributed by atoms with van der Waals surface area (Å²) in [6, 6.07) is 16.5. The quantitative estimate of drug-likeness (QED) is 0.797. The van der Waals surface area contributed by atoms with Gasteiger partial charge in [0.05, 0.1) is 0 Å². The fraction of sp³-hybridized carbons (Fsp3) is 0.350. The fourth-order valence-corrected chi connectivity index (χ4v) is 3.96. The molecular weight excluding hydrogens is 335 g/mol. The van der Waals surface area contributed by atoms with Crippen molar-refractivity contribution in [2.45, 2.75) is 23.8 Å². The van der Waals surface area contributed by atoms with Crippen molar-refractivity contribution < 1.29 is 9.18 Å². The van der Waals surface area contributed by atoms with Gasteiger partial charge in [0.25, 0.3) is 5.91 Å². The highest BCUT2D eigenvalue weighted by molar-refractivity contribution is 7.99. The first-order valence-corrected chi connectivity index (χ1v) is 9.66. The molecule has 1 fully saturated rings. The average Bonchev–Trinajstić information content (AvgIpc) is 2.65. The van der Waals surface area contributed by atoms with Crippen molar-refractivity contribution in [3.63, 3.8) is 0 Å². The topological polar surface area (TPSA) is 32.3 Å². The van der Waals surface area contributed by atoms with Crippen molar-refractivity contribution in [3.05, 3.63) is 66.0 Å². The van der Waals surface area contributed by atoms with Gasteiger partial charge < -0.3 is 10.2 Å². The van der Waals surface area contributed by atoms with Gasteiger partial charge in [0, 0.05) is 41.9 Å². The SMILES string of the molecule is O=C(NC1CCN(CCSc2ccccc2F)CC1)c1ccccc1. The van der Waals surface area contributed by atoms with Crippen LogP contribution in [0.2, 0.25) is 0 Å². The smallest absolute Gasteiger partial charge is 0.251 e. The Morgan fingerprint density at radius 1 is 1.08 bits per heavy atom. The summed E-state index contributed by atoms with van der Waals surface area (Å²) in [6.07, 6.45) is 1.92. The van der Waals surface area contributed by atoms with E-state index in [1.54, 1.807) is 17.8 Å². The second-order valence-electron chi connectivity index (χ2n) is 6.23. The maximum atomic E-state index is 13.6. The van der Waals surface area contributed by atoms with Gasteiger partial charge in [-0.2, -0.15) is 0 Å². The monoisotopic (exact) mass is 358 g/mol. The summed E-state index contributed by atoms with van der Waals surface area (Å²) < 4.78 is 13.6. The number of benzene rings is 2. The first-order valence-electron chi connectivity index (χ1n) is 8.68. The van der Waals surface area contributed by atoms with Gasteiger partial charge in [0.15, 0.2) is 0 Å². The zero-order valence-corrected chi connectivity index (χ0v) is 15.0. The Balaban J connectivity index is 1.37. The molecule has 0 radical (unpaired) electrons. The number of nitrogens with one attached hydrogen (secondary N) is 1. The molecule has 0 bridgehead atoms. The predicted octanol–water partition coefficient (Wildman–Crippen LogP) is 3.81. The third kappa shape index (κ3) is 5.31. The Hall–Kier alpha value is -1.85. The molecule has 1 aliphatic rings. The number of hydrogen-bond donors (Lipinski definition) is 1. The molecule has 132 valence electrons. The van der Waals surface area contributed by atoms with Crippen molar-refractivity contribution in [1.29, 1.82) is 0 Å². The highest BCUT2D eigenvalue weighted by Crippen LogP contribution is 2.21. The van der Waals surface area contributed by atoms with E-state index in [0.717, 1.165) is 38.2 Å². The second-order valence-corrected chi connectivity index (χ2v) is 7.37. The van der Waals surface area contributed by atoms with Crippen LogP contribution in [-0.2, 0) is 0 Å². The molecule has 3 nitrogen and oxygen atoms in total. The van der Waals surface area contributed by atoms with Crippen LogP contribution in [-0.4, -0.2) is 42.2 Å². The van der Waals surface area contributed by atoms with Crippen LogP contribution in [0.3, 0.4) is 0 Å². The van der Waals surface area contributed by atoms with Crippen LogP contribution < -0.4 is 5.32 Å². The summed E-state index contributed by atoms with van der Waals surface area (Å²) in [5.41, 5.74) is 0.714. The molecule has 0 aromatic heterocycles. The predicted molar refractivity (Wildman–Crippen MR) is 100 cm³/mol. The summed E-state index contributed by atoms with van der Waals surface area (Å²) in [7, 11) is 0. The number of halogens is 1. The zero-order chi connectivity index (χ0) is 17.5. The number of nitrogens with zero attached hydrogens (tertiary/aromatic N) is 1. The molecule has 0 saturated carbocycles. The number of carbonyl (C=O) groups excluding carboxylic acids is 1. The van der Waals surface area contributed by atoms with Gasteiger partial charge >= 0.3 is 0 Å². The van der Waals surface area contributed by atoms with E-state index in [0.29, 0.717) is 10.5 Å². The number of rotatable bonds is 6. The first-order chi connectivity index (χ1) is 12.2. The Morgan fingerprint density at radius 2 is 1.76 bits per heavy atom. The number of likely N-dealkylation sites (tertiary alicyclic amines) is 1. The lowest BCUT2D eigenvalue weighted by Gasteiger charge is -2.32. The van der Waals surface area contributed by atoms with Crippen molar-refractivity contribution in [1.82, 2.24) is 10.2 Å². The molecule has 2 aromatic rings. The van der Waals surface area contributed by atoms with Crippen molar-refractivity contribution in [2.75, 3.05) is 25.4 Å². The highest BCUT2D eigenvalue weighted by Gasteiger charge is 2.20. The van der Waals surface area contributed by atoms with Crippen molar-refractivity contribution >= 4 is 17.7 Å². The lowest BCUT2D eigenvalue weighted by Crippen LogP contribution is -2.45. The molecule has 5 heteroatoms. The van der Waals surface area contributed by atoms with Crippen LogP contribution in [0.5, 0.6) is 0 Å². The van der Waals surface area contributed by atoms with Gasteiger partial charge in [0.1, 0.15) is 5.82 Å². The molecule has 0 atom stereocenters. The minimum Gasteiger partial charge on any atom is -0.349 e. The molecule has 0 aliphatic carbocycles. The van der Waals surface area contributed by atoms with Gasteiger partial charge in [-0.15, -0.1) is 11.8 Å². The van der Waals surface area contributed by atoms with E-state index >= 15 is 0 Å². The summed E-state index contributed by atoms with van der Waals surface area (Å²) >= 11 is 1.56. The number of hydrogen-bond acceptors (Lipinski definition) is 3. The zero-order valence-electron chi connectivity index (χ0n) is 14.2. The van der Waals surface area contributed by atoms with Gasteiger partial charge in [-0.25, -0.2) is 4.39 Å². The molecule has 0 unspecified atom stereocenters. The van der Waals surface area contributed by atoms with E-state index in [9.17, 15) is 9.18 Å². The van der Waals surface area contributed by atoms with Crippen LogP contribution >= 0.6 is 11.8 Å². The molecule has 0 spiro atoms. The molecule has 1 N–H and O–H groups in total. The van der Waals surface area contributed by atoms with Crippen molar-refractivity contribution in [3.8, 4) is 0 Å². The maximum absolute atomic E-state index is 13.6. The Labute approximate surface area is 152 Å². The summed E-state index contributed by atoms with van der Waals surface area (Å²) in [4.78, 5) is 15.3. The van der Waals surface area contributed by atoms with Crippen LogP contribution in [0, 0.1) is 5.82 Å². The molecule has 3 rings (SSSR count). The minimum atomic E-state index is -0.144. The van der Waals surface area contributed by atoms with Crippen LogP contribution in [0.25, 0.3) is 0 Å². The highest BCUT2D eigenvalue weighted by atomic mass is 32.2. The maximum Gasteiger partial charge on any atom is 0.251 e. The van der Waals surface area contributed by atoms with E-state index in [4.69, 9.17) is 0 Å². The molecule has 1 saturated heterocycles. The molecule has 25 heavy (non-hydrogen) atoms.